The molecule has 0 saturated carbocycles. The molecule has 2 atom stereocenters. The van der Waals surface area contributed by atoms with E-state index in [1.807, 2.05) is 30.3 Å². The van der Waals surface area contributed by atoms with Crippen molar-refractivity contribution in [2.75, 3.05) is 0 Å². The highest BCUT2D eigenvalue weighted by Gasteiger charge is 2.40. The molecule has 0 bridgehead atoms. The van der Waals surface area contributed by atoms with Gasteiger partial charge in [0, 0.05) is 19.8 Å². The first-order chi connectivity index (χ1) is 8.88. The molecule has 102 valence electrons. The van der Waals surface area contributed by atoms with Crippen LogP contribution >= 0.6 is 0 Å². The van der Waals surface area contributed by atoms with Gasteiger partial charge < -0.3 is 5.32 Å². The van der Waals surface area contributed by atoms with Gasteiger partial charge in [-0.25, -0.2) is 0 Å². The lowest BCUT2D eigenvalue weighted by molar-refractivity contribution is -0.141. The van der Waals surface area contributed by atoms with Gasteiger partial charge in [-0.3, -0.25) is 9.59 Å². The predicted octanol–water partition coefficient (Wildman–Crippen LogP) is 2.48. The van der Waals surface area contributed by atoms with Crippen molar-refractivity contribution in [2.45, 2.75) is 31.7 Å². The lowest BCUT2D eigenvalue weighted by atomic mass is 9.89. The normalized spacial score (nSPS) is 23.2. The molecule has 1 N–H and O–H groups in total. The van der Waals surface area contributed by atoms with Crippen LogP contribution in [-0.2, 0) is 9.59 Å². The second-order valence-electron chi connectivity index (χ2n) is 4.94. The zero-order chi connectivity index (χ0) is 14.0. The number of Topliss-reactive ketones (excluding diaryl/α,β-unsaturated/α-hetero) is 1. The molecule has 2 rings (SSSR count). The fourth-order valence-electron chi connectivity index (χ4n) is 2.33. The SMILES string of the molecule is CC(F)(F)C(=O)C[C@H]1CC(=O)N[C@@H]1c1ccccc1. The summed E-state index contributed by atoms with van der Waals surface area (Å²) in [6, 6.07) is 8.73. The van der Waals surface area contributed by atoms with Gasteiger partial charge in [0.1, 0.15) is 0 Å². The van der Waals surface area contributed by atoms with Crippen LogP contribution in [0.25, 0.3) is 0 Å². The molecular weight excluding hydrogens is 252 g/mol. The van der Waals surface area contributed by atoms with Crippen molar-refractivity contribution in [2.24, 2.45) is 5.92 Å². The summed E-state index contributed by atoms with van der Waals surface area (Å²) >= 11 is 0. The first-order valence-corrected chi connectivity index (χ1v) is 6.13. The summed E-state index contributed by atoms with van der Waals surface area (Å²) in [4.78, 5) is 22.9. The van der Waals surface area contributed by atoms with Gasteiger partial charge in [-0.1, -0.05) is 30.3 Å². The van der Waals surface area contributed by atoms with Crippen molar-refractivity contribution in [3.63, 3.8) is 0 Å². The van der Waals surface area contributed by atoms with Gasteiger partial charge in [0.05, 0.1) is 6.04 Å². The van der Waals surface area contributed by atoms with Gasteiger partial charge >= 0.3 is 5.92 Å². The Labute approximate surface area is 110 Å². The number of ketones is 1. The van der Waals surface area contributed by atoms with Crippen LogP contribution in [0.4, 0.5) is 8.78 Å². The third-order valence-electron chi connectivity index (χ3n) is 3.33. The Morgan fingerprint density at radius 1 is 1.37 bits per heavy atom. The largest absolute Gasteiger partial charge is 0.349 e. The molecular formula is C14H15F2NO2. The topological polar surface area (TPSA) is 46.2 Å². The number of benzene rings is 1. The van der Waals surface area contributed by atoms with Gasteiger partial charge in [-0.15, -0.1) is 0 Å². The fourth-order valence-corrected chi connectivity index (χ4v) is 2.33. The van der Waals surface area contributed by atoms with Crippen molar-refractivity contribution < 1.29 is 18.4 Å². The number of alkyl halides is 2. The minimum atomic E-state index is -3.34. The van der Waals surface area contributed by atoms with E-state index in [1.165, 1.54) is 0 Å². The van der Waals surface area contributed by atoms with Gasteiger partial charge in [-0.05, 0) is 11.5 Å². The Morgan fingerprint density at radius 2 is 2.00 bits per heavy atom. The van der Waals surface area contributed by atoms with Gasteiger partial charge in [0.15, 0.2) is 0 Å². The quantitative estimate of drug-likeness (QED) is 0.911. The number of hydrogen-bond acceptors (Lipinski definition) is 2. The number of amides is 1. The van der Waals surface area contributed by atoms with Gasteiger partial charge in [-0.2, -0.15) is 8.78 Å². The number of nitrogens with one attached hydrogen (secondary N) is 1. The van der Waals surface area contributed by atoms with Crippen molar-refractivity contribution in [3.8, 4) is 0 Å². The molecule has 1 saturated heterocycles. The van der Waals surface area contributed by atoms with Crippen molar-refractivity contribution in [3.05, 3.63) is 35.9 Å². The van der Waals surface area contributed by atoms with Crippen LogP contribution in [0.5, 0.6) is 0 Å². The molecule has 1 aliphatic rings. The highest BCUT2D eigenvalue weighted by molar-refractivity contribution is 5.87. The van der Waals surface area contributed by atoms with Crippen molar-refractivity contribution in [1.29, 1.82) is 0 Å². The number of carbonyl (C=O) groups excluding carboxylic acids is 2. The standard InChI is InChI=1S/C14H15F2NO2/c1-14(15,16)11(18)7-10-8-12(19)17-13(10)9-5-3-2-4-6-9/h2-6,10,13H,7-8H2,1H3,(H,17,19)/t10-,13+/m0/s1. The summed E-state index contributed by atoms with van der Waals surface area (Å²) in [6.45, 7) is 0.594. The van der Waals surface area contributed by atoms with Crippen molar-refractivity contribution >= 4 is 11.7 Å². The van der Waals surface area contributed by atoms with E-state index in [1.54, 1.807) is 0 Å². The third-order valence-corrected chi connectivity index (χ3v) is 3.33. The minimum absolute atomic E-state index is 0.112. The second kappa shape index (κ2) is 5.07. The smallest absolute Gasteiger partial charge is 0.302 e. The predicted molar refractivity (Wildman–Crippen MR) is 65.7 cm³/mol. The maximum atomic E-state index is 12.9. The molecule has 0 spiro atoms. The molecule has 1 amide bonds. The second-order valence-corrected chi connectivity index (χ2v) is 4.94. The zero-order valence-electron chi connectivity index (χ0n) is 10.5. The Morgan fingerprint density at radius 3 is 2.58 bits per heavy atom. The molecule has 1 fully saturated rings. The van der Waals surface area contributed by atoms with Crippen LogP contribution in [-0.4, -0.2) is 17.6 Å². The van der Waals surface area contributed by atoms with E-state index in [2.05, 4.69) is 5.32 Å². The summed E-state index contributed by atoms with van der Waals surface area (Å²) in [5.41, 5.74) is 0.838. The number of rotatable bonds is 4. The Hall–Kier alpha value is -1.78. The molecule has 1 aromatic carbocycles. The summed E-state index contributed by atoms with van der Waals surface area (Å²) in [5, 5.41) is 2.74. The lowest BCUT2D eigenvalue weighted by Crippen LogP contribution is -2.28. The maximum Gasteiger partial charge on any atom is 0.302 e. The van der Waals surface area contributed by atoms with Crippen LogP contribution in [0.2, 0.25) is 0 Å². The molecule has 0 unspecified atom stereocenters. The van der Waals surface area contributed by atoms with Gasteiger partial charge in [0.25, 0.3) is 0 Å². The van der Waals surface area contributed by atoms with Crippen LogP contribution in [0.15, 0.2) is 30.3 Å². The van der Waals surface area contributed by atoms with Crippen LogP contribution < -0.4 is 5.32 Å². The molecule has 1 aliphatic heterocycles. The maximum absolute atomic E-state index is 12.9. The minimum Gasteiger partial charge on any atom is -0.349 e. The fraction of sp³-hybridized carbons (Fsp3) is 0.429. The highest BCUT2D eigenvalue weighted by atomic mass is 19.3. The number of carbonyl (C=O) groups is 2. The van der Waals surface area contributed by atoms with E-state index in [0.29, 0.717) is 6.92 Å². The van der Waals surface area contributed by atoms with Gasteiger partial charge in [0.2, 0.25) is 11.7 Å². The third kappa shape index (κ3) is 3.16. The molecule has 0 aromatic heterocycles. The molecule has 3 nitrogen and oxygen atoms in total. The van der Waals surface area contributed by atoms with Crippen LogP contribution in [0, 0.1) is 5.92 Å². The Bertz CT molecular complexity index is 482. The van der Waals surface area contributed by atoms with E-state index in [-0.39, 0.29) is 24.8 Å². The molecule has 0 radical (unpaired) electrons. The number of hydrogen-bond donors (Lipinski definition) is 1. The summed E-state index contributed by atoms with van der Waals surface area (Å²) in [5.74, 6) is -5.07. The monoisotopic (exact) mass is 267 g/mol. The summed E-state index contributed by atoms with van der Waals surface area (Å²) in [6.07, 6.45) is -0.177. The first kappa shape index (κ1) is 13.6. The zero-order valence-corrected chi connectivity index (χ0v) is 10.5. The number of halogens is 2. The van der Waals surface area contributed by atoms with E-state index in [9.17, 15) is 18.4 Å². The van der Waals surface area contributed by atoms with E-state index < -0.39 is 17.6 Å². The molecule has 1 heterocycles. The highest BCUT2D eigenvalue weighted by Crippen LogP contribution is 2.34. The van der Waals surface area contributed by atoms with Crippen LogP contribution in [0.1, 0.15) is 31.4 Å². The Kier molecular flexibility index (Phi) is 3.64. The van der Waals surface area contributed by atoms with E-state index >= 15 is 0 Å². The van der Waals surface area contributed by atoms with E-state index in [0.717, 1.165) is 5.56 Å². The molecule has 0 aliphatic carbocycles. The average Bonchev–Trinajstić information content (AvgIpc) is 2.70. The first-order valence-electron chi connectivity index (χ1n) is 6.13. The summed E-state index contributed by atoms with van der Waals surface area (Å²) < 4.78 is 25.9. The molecule has 5 heteroatoms. The molecule has 19 heavy (non-hydrogen) atoms. The van der Waals surface area contributed by atoms with Crippen LogP contribution in [0.3, 0.4) is 0 Å². The summed E-state index contributed by atoms with van der Waals surface area (Å²) in [7, 11) is 0. The van der Waals surface area contributed by atoms with E-state index in [4.69, 9.17) is 0 Å². The average molecular weight is 267 g/mol. The lowest BCUT2D eigenvalue weighted by Gasteiger charge is -2.20. The van der Waals surface area contributed by atoms with Crippen molar-refractivity contribution in [1.82, 2.24) is 5.32 Å². The Balaban J connectivity index is 2.15. The molecule has 1 aromatic rings.